The Kier molecular flexibility index (Phi) is 6.57. The maximum absolute atomic E-state index is 12.8. The van der Waals surface area contributed by atoms with Crippen molar-refractivity contribution in [3.05, 3.63) is 65.0 Å². The highest BCUT2D eigenvalue weighted by molar-refractivity contribution is 5.73. The first-order valence-corrected chi connectivity index (χ1v) is 7.75. The summed E-state index contributed by atoms with van der Waals surface area (Å²) in [5, 5.41) is 10.5. The van der Waals surface area contributed by atoms with Gasteiger partial charge in [-0.05, 0) is 53.9 Å². The topological polar surface area (TPSA) is 58.6 Å². The van der Waals surface area contributed by atoms with E-state index in [1.54, 1.807) is 12.1 Å². The van der Waals surface area contributed by atoms with E-state index in [1.807, 2.05) is 6.07 Å². The minimum Gasteiger partial charge on any atom is -0.489 e. The van der Waals surface area contributed by atoms with Gasteiger partial charge < -0.3 is 15.2 Å². The number of aliphatic carboxylic acids is 1. The van der Waals surface area contributed by atoms with Gasteiger partial charge in [-0.2, -0.15) is 13.2 Å². The van der Waals surface area contributed by atoms with Gasteiger partial charge in [0.1, 0.15) is 18.2 Å². The van der Waals surface area contributed by atoms with E-state index in [1.165, 1.54) is 23.3 Å². The summed E-state index contributed by atoms with van der Waals surface area (Å²) in [7, 11) is 0. The van der Waals surface area contributed by atoms with Gasteiger partial charge in [-0.25, -0.2) is 9.18 Å². The van der Waals surface area contributed by atoms with Crippen LogP contribution >= 0.6 is 0 Å². The van der Waals surface area contributed by atoms with Crippen LogP contribution in [0.5, 0.6) is 5.75 Å². The van der Waals surface area contributed by atoms with Gasteiger partial charge in [0.05, 0.1) is 0 Å². The molecule has 2 aromatic carbocycles. The maximum atomic E-state index is 12.8. The Morgan fingerprint density at radius 2 is 1.77 bits per heavy atom. The van der Waals surface area contributed by atoms with Crippen LogP contribution in [-0.4, -0.2) is 23.8 Å². The summed E-state index contributed by atoms with van der Waals surface area (Å²) in [6.07, 6.45) is -4.04. The van der Waals surface area contributed by atoms with Crippen LogP contribution in [-0.2, 0) is 24.4 Å². The third kappa shape index (κ3) is 6.03. The lowest BCUT2D eigenvalue weighted by Gasteiger charge is -2.18. The van der Waals surface area contributed by atoms with Gasteiger partial charge in [-0.1, -0.05) is 18.2 Å². The van der Waals surface area contributed by atoms with Crippen molar-refractivity contribution in [3.8, 4) is 5.75 Å². The van der Waals surface area contributed by atoms with Crippen LogP contribution in [0.4, 0.5) is 17.6 Å². The van der Waals surface area contributed by atoms with Gasteiger partial charge in [-0.3, -0.25) is 0 Å². The van der Waals surface area contributed by atoms with Crippen LogP contribution in [0.15, 0.2) is 42.5 Å². The monoisotopic (exact) mass is 371 g/mol. The molecule has 0 radical (unpaired) electrons. The number of benzene rings is 2. The van der Waals surface area contributed by atoms with Crippen LogP contribution in [0.25, 0.3) is 0 Å². The number of alkyl halides is 3. The predicted molar refractivity (Wildman–Crippen MR) is 86.3 cm³/mol. The standard InChI is InChI=1S/C16H16FNO.C2HF3O2/c17-15-4-1-12(2-5-15)11-19-16-6-3-14-10-18-8-7-13(14)9-16;3-2(4,5)1(6)7/h1-6,9,18H,7-8,10-11H2;(H,6,7). The third-order valence-electron chi connectivity index (χ3n) is 3.63. The fourth-order valence-corrected chi connectivity index (χ4v) is 2.29. The van der Waals surface area contributed by atoms with Crippen molar-refractivity contribution in [1.82, 2.24) is 5.32 Å². The fourth-order valence-electron chi connectivity index (χ4n) is 2.29. The highest BCUT2D eigenvalue weighted by Crippen LogP contribution is 2.21. The summed E-state index contributed by atoms with van der Waals surface area (Å²) in [5.41, 5.74) is 3.68. The van der Waals surface area contributed by atoms with Gasteiger partial charge in [0, 0.05) is 6.54 Å². The largest absolute Gasteiger partial charge is 0.490 e. The Bertz CT molecular complexity index is 745. The van der Waals surface area contributed by atoms with Gasteiger partial charge in [0.15, 0.2) is 0 Å². The molecule has 2 N–H and O–H groups in total. The number of carbonyl (C=O) groups is 1. The van der Waals surface area contributed by atoms with E-state index < -0.39 is 12.1 Å². The average Bonchev–Trinajstić information content (AvgIpc) is 2.61. The smallest absolute Gasteiger partial charge is 0.489 e. The highest BCUT2D eigenvalue weighted by Gasteiger charge is 2.38. The van der Waals surface area contributed by atoms with Gasteiger partial charge in [-0.15, -0.1) is 0 Å². The number of carboxylic acids is 1. The summed E-state index contributed by atoms with van der Waals surface area (Å²) in [4.78, 5) is 8.90. The Labute approximate surface area is 147 Å². The molecule has 0 aromatic heterocycles. The van der Waals surface area contributed by atoms with Gasteiger partial charge in [0.2, 0.25) is 0 Å². The zero-order valence-corrected chi connectivity index (χ0v) is 13.6. The summed E-state index contributed by atoms with van der Waals surface area (Å²) in [5.74, 6) is -2.09. The molecule has 0 saturated carbocycles. The van der Waals surface area contributed by atoms with Crippen molar-refractivity contribution in [1.29, 1.82) is 0 Å². The molecule has 0 fully saturated rings. The van der Waals surface area contributed by atoms with Gasteiger partial charge >= 0.3 is 12.1 Å². The number of rotatable bonds is 3. The van der Waals surface area contributed by atoms with E-state index in [4.69, 9.17) is 14.6 Å². The molecule has 1 aliphatic rings. The van der Waals surface area contributed by atoms with E-state index in [-0.39, 0.29) is 5.82 Å². The zero-order valence-electron chi connectivity index (χ0n) is 13.6. The van der Waals surface area contributed by atoms with Crippen LogP contribution in [0.3, 0.4) is 0 Å². The lowest BCUT2D eigenvalue weighted by atomic mass is 10.0. The molecule has 0 bridgehead atoms. The van der Waals surface area contributed by atoms with Crippen LogP contribution < -0.4 is 10.1 Å². The molecule has 2 aromatic rings. The average molecular weight is 371 g/mol. The molecule has 26 heavy (non-hydrogen) atoms. The van der Waals surface area contributed by atoms with E-state index in [0.717, 1.165) is 30.8 Å². The Morgan fingerprint density at radius 3 is 2.38 bits per heavy atom. The van der Waals surface area contributed by atoms with E-state index in [9.17, 15) is 17.6 Å². The molecule has 8 heteroatoms. The highest BCUT2D eigenvalue weighted by atomic mass is 19.4. The van der Waals surface area contributed by atoms with Crippen LogP contribution in [0.2, 0.25) is 0 Å². The third-order valence-corrected chi connectivity index (χ3v) is 3.63. The number of nitrogens with one attached hydrogen (secondary N) is 1. The molecule has 4 nitrogen and oxygen atoms in total. The molecule has 0 spiro atoms. The van der Waals surface area contributed by atoms with Crippen molar-refractivity contribution >= 4 is 5.97 Å². The molecule has 0 saturated heterocycles. The number of ether oxygens (including phenoxy) is 1. The number of halogens is 4. The number of carboxylic acid groups (broad SMARTS) is 1. The summed E-state index contributed by atoms with van der Waals surface area (Å²) in [6.45, 7) is 2.43. The lowest BCUT2D eigenvalue weighted by molar-refractivity contribution is -0.192. The number of hydrogen-bond donors (Lipinski definition) is 2. The first-order chi connectivity index (χ1) is 12.3. The maximum Gasteiger partial charge on any atom is 0.490 e. The van der Waals surface area contributed by atoms with Crippen molar-refractivity contribution in [2.45, 2.75) is 25.7 Å². The quantitative estimate of drug-likeness (QED) is 0.808. The number of fused-ring (bicyclic) bond motifs is 1. The Hall–Kier alpha value is -2.61. The molecule has 0 atom stereocenters. The predicted octanol–water partition coefficient (Wildman–Crippen LogP) is 3.68. The van der Waals surface area contributed by atoms with Crippen molar-refractivity contribution in [2.75, 3.05) is 6.54 Å². The van der Waals surface area contributed by atoms with Crippen molar-refractivity contribution in [3.63, 3.8) is 0 Å². The second-order valence-electron chi connectivity index (χ2n) is 5.58. The van der Waals surface area contributed by atoms with Crippen LogP contribution in [0.1, 0.15) is 16.7 Å². The lowest BCUT2D eigenvalue weighted by Crippen LogP contribution is -2.23. The second-order valence-corrected chi connectivity index (χ2v) is 5.58. The Morgan fingerprint density at radius 1 is 1.12 bits per heavy atom. The molecule has 1 aliphatic heterocycles. The summed E-state index contributed by atoms with van der Waals surface area (Å²) < 4.78 is 50.3. The summed E-state index contributed by atoms with van der Waals surface area (Å²) in [6, 6.07) is 12.6. The first kappa shape index (κ1) is 19.7. The van der Waals surface area contributed by atoms with Crippen molar-refractivity contribution < 1.29 is 32.2 Å². The molecular weight excluding hydrogens is 354 g/mol. The Balaban J connectivity index is 0.000000298. The molecule has 0 aliphatic carbocycles. The van der Waals surface area contributed by atoms with E-state index in [2.05, 4.69) is 17.4 Å². The zero-order chi connectivity index (χ0) is 19.2. The summed E-state index contributed by atoms with van der Waals surface area (Å²) >= 11 is 0. The fraction of sp³-hybridized carbons (Fsp3) is 0.278. The molecule has 0 unspecified atom stereocenters. The van der Waals surface area contributed by atoms with E-state index >= 15 is 0 Å². The van der Waals surface area contributed by atoms with Crippen molar-refractivity contribution in [2.24, 2.45) is 0 Å². The van der Waals surface area contributed by atoms with Gasteiger partial charge in [0.25, 0.3) is 0 Å². The SMILES string of the molecule is Fc1ccc(COc2ccc3c(c2)CCNC3)cc1.O=C(O)C(F)(F)F. The minimum atomic E-state index is -5.08. The molecule has 3 rings (SSSR count). The van der Waals surface area contributed by atoms with E-state index in [0.29, 0.717) is 6.61 Å². The molecule has 0 amide bonds. The number of hydrogen-bond acceptors (Lipinski definition) is 3. The molecular formula is C18H17F4NO3. The van der Waals surface area contributed by atoms with Crippen LogP contribution in [0, 0.1) is 5.82 Å². The molecule has 140 valence electrons. The molecule has 1 heterocycles. The first-order valence-electron chi connectivity index (χ1n) is 7.75. The second kappa shape index (κ2) is 8.66. The minimum absolute atomic E-state index is 0.218. The normalized spacial score (nSPS) is 13.2.